The molecule has 2 unspecified atom stereocenters. The minimum atomic E-state index is -0.196. The molecule has 2 aliphatic rings. The Labute approximate surface area is 124 Å². The number of fused-ring (bicyclic) bond motifs is 1. The van der Waals surface area contributed by atoms with Crippen LogP contribution in [0.25, 0.3) is 0 Å². The topological polar surface area (TPSA) is 54.5 Å². The average Bonchev–Trinajstić information content (AvgIpc) is 2.93. The molecule has 2 atom stereocenters. The third-order valence-electron chi connectivity index (χ3n) is 4.64. The number of hydrogen-bond donors (Lipinski definition) is 0. The van der Waals surface area contributed by atoms with Gasteiger partial charge < -0.3 is 0 Å². The van der Waals surface area contributed by atoms with Gasteiger partial charge in [0.1, 0.15) is 0 Å². The van der Waals surface area contributed by atoms with E-state index < -0.39 is 0 Å². The van der Waals surface area contributed by atoms with E-state index in [-0.39, 0.29) is 36.0 Å². The van der Waals surface area contributed by atoms with Crippen molar-refractivity contribution in [3.8, 4) is 0 Å². The van der Waals surface area contributed by atoms with Crippen LogP contribution in [-0.4, -0.2) is 29.0 Å². The van der Waals surface area contributed by atoms with Gasteiger partial charge >= 0.3 is 0 Å². The second-order valence-electron chi connectivity index (χ2n) is 6.34. The summed E-state index contributed by atoms with van der Waals surface area (Å²) in [6, 6.07) is 7.20. The summed E-state index contributed by atoms with van der Waals surface area (Å²) in [6.45, 7) is 3.90. The van der Waals surface area contributed by atoms with Gasteiger partial charge in [0.25, 0.3) is 0 Å². The van der Waals surface area contributed by atoms with Gasteiger partial charge in [0.15, 0.2) is 5.78 Å². The Hall–Kier alpha value is -1.97. The highest BCUT2D eigenvalue weighted by atomic mass is 16.2. The van der Waals surface area contributed by atoms with E-state index in [2.05, 4.69) is 6.92 Å². The fourth-order valence-corrected chi connectivity index (χ4v) is 3.48. The normalized spacial score (nSPS) is 28.1. The molecule has 4 heteroatoms. The molecule has 2 amide bonds. The van der Waals surface area contributed by atoms with Crippen LogP contribution in [0.4, 0.5) is 0 Å². The van der Waals surface area contributed by atoms with Crippen LogP contribution in [-0.2, 0) is 9.59 Å². The second-order valence-corrected chi connectivity index (χ2v) is 6.34. The summed E-state index contributed by atoms with van der Waals surface area (Å²) in [5, 5.41) is 0. The minimum absolute atomic E-state index is 0.123. The number of nitrogens with zero attached hydrogens (tertiary/aromatic N) is 1. The first-order chi connectivity index (χ1) is 9.97. The van der Waals surface area contributed by atoms with E-state index in [1.807, 2.05) is 19.1 Å². The van der Waals surface area contributed by atoms with Gasteiger partial charge in [-0.05, 0) is 25.7 Å². The van der Waals surface area contributed by atoms with Crippen molar-refractivity contribution in [2.45, 2.75) is 26.7 Å². The average molecular weight is 285 g/mol. The summed E-state index contributed by atoms with van der Waals surface area (Å²) in [4.78, 5) is 38.0. The lowest BCUT2D eigenvalue weighted by molar-refractivity contribution is -0.139. The molecular weight excluding hydrogens is 266 g/mol. The number of benzene rings is 1. The standard InChI is InChI=1S/C17H19NO3/c1-10-3-5-12(6-4-10)15(19)9-18-16(20)13-7-11(2)8-14(13)17(18)21/h3-6,11,13-14H,7-9H2,1-2H3. The zero-order valence-electron chi connectivity index (χ0n) is 12.3. The zero-order valence-corrected chi connectivity index (χ0v) is 12.3. The number of Topliss-reactive ketones (excluding diaryl/α,β-unsaturated/α-hetero) is 1. The van der Waals surface area contributed by atoms with E-state index in [9.17, 15) is 14.4 Å². The van der Waals surface area contributed by atoms with Crippen LogP contribution in [0.5, 0.6) is 0 Å². The molecule has 110 valence electrons. The number of ketones is 1. The highest BCUT2D eigenvalue weighted by molar-refractivity contribution is 6.10. The summed E-state index contributed by atoms with van der Waals surface area (Å²) in [5.41, 5.74) is 1.62. The summed E-state index contributed by atoms with van der Waals surface area (Å²) in [7, 11) is 0. The van der Waals surface area contributed by atoms with Crippen LogP contribution in [0, 0.1) is 24.7 Å². The minimum Gasteiger partial charge on any atom is -0.292 e. The second kappa shape index (κ2) is 5.10. The van der Waals surface area contributed by atoms with Gasteiger partial charge in [-0.2, -0.15) is 0 Å². The third kappa shape index (κ3) is 2.39. The van der Waals surface area contributed by atoms with Gasteiger partial charge in [0.2, 0.25) is 11.8 Å². The Bertz CT molecular complexity index is 581. The maximum Gasteiger partial charge on any atom is 0.233 e. The van der Waals surface area contributed by atoms with Gasteiger partial charge in [0.05, 0.1) is 18.4 Å². The summed E-state index contributed by atoms with van der Waals surface area (Å²) in [6.07, 6.45) is 1.54. The molecule has 1 heterocycles. The molecule has 0 aromatic heterocycles. The Morgan fingerprint density at radius 2 is 1.62 bits per heavy atom. The first-order valence-electron chi connectivity index (χ1n) is 7.42. The van der Waals surface area contributed by atoms with Crippen LogP contribution < -0.4 is 0 Å². The molecule has 1 saturated heterocycles. The van der Waals surface area contributed by atoms with Crippen molar-refractivity contribution in [3.63, 3.8) is 0 Å². The summed E-state index contributed by atoms with van der Waals surface area (Å²) >= 11 is 0. The predicted octanol–water partition coefficient (Wildman–Crippen LogP) is 2.21. The quantitative estimate of drug-likeness (QED) is 0.632. The Morgan fingerprint density at radius 1 is 1.10 bits per heavy atom. The molecule has 0 N–H and O–H groups in total. The largest absolute Gasteiger partial charge is 0.292 e. The van der Waals surface area contributed by atoms with Crippen LogP contribution in [0.1, 0.15) is 35.7 Å². The molecule has 1 aliphatic carbocycles. The molecule has 1 aromatic rings. The maximum atomic E-state index is 12.3. The predicted molar refractivity (Wildman–Crippen MR) is 77.6 cm³/mol. The van der Waals surface area contributed by atoms with E-state index in [1.54, 1.807) is 12.1 Å². The van der Waals surface area contributed by atoms with Gasteiger partial charge in [-0.3, -0.25) is 19.3 Å². The maximum absolute atomic E-state index is 12.3. The monoisotopic (exact) mass is 285 g/mol. The smallest absolute Gasteiger partial charge is 0.233 e. The Kier molecular flexibility index (Phi) is 3.40. The van der Waals surface area contributed by atoms with Crippen molar-refractivity contribution in [2.75, 3.05) is 6.54 Å². The molecule has 1 saturated carbocycles. The number of imide groups is 1. The van der Waals surface area contributed by atoms with E-state index in [0.29, 0.717) is 11.5 Å². The molecular formula is C17H19NO3. The van der Waals surface area contributed by atoms with E-state index >= 15 is 0 Å². The van der Waals surface area contributed by atoms with Crippen LogP contribution in [0.3, 0.4) is 0 Å². The zero-order chi connectivity index (χ0) is 15.1. The number of amides is 2. The van der Waals surface area contributed by atoms with Crippen molar-refractivity contribution in [3.05, 3.63) is 35.4 Å². The van der Waals surface area contributed by atoms with Gasteiger partial charge in [-0.15, -0.1) is 0 Å². The molecule has 0 radical (unpaired) electrons. The van der Waals surface area contributed by atoms with Gasteiger partial charge in [0, 0.05) is 5.56 Å². The molecule has 1 aromatic carbocycles. The molecule has 4 nitrogen and oxygen atoms in total. The number of rotatable bonds is 3. The number of aryl methyl sites for hydroxylation is 1. The van der Waals surface area contributed by atoms with Crippen molar-refractivity contribution < 1.29 is 14.4 Å². The fraction of sp³-hybridized carbons (Fsp3) is 0.471. The highest BCUT2D eigenvalue weighted by Crippen LogP contribution is 2.42. The van der Waals surface area contributed by atoms with Crippen LogP contribution in [0.2, 0.25) is 0 Å². The fourth-order valence-electron chi connectivity index (χ4n) is 3.48. The van der Waals surface area contributed by atoms with Crippen molar-refractivity contribution in [2.24, 2.45) is 17.8 Å². The van der Waals surface area contributed by atoms with E-state index in [4.69, 9.17) is 0 Å². The Morgan fingerprint density at radius 3 is 2.14 bits per heavy atom. The number of hydrogen-bond acceptors (Lipinski definition) is 3. The first kappa shape index (κ1) is 14.0. The van der Waals surface area contributed by atoms with Crippen molar-refractivity contribution in [1.29, 1.82) is 0 Å². The van der Waals surface area contributed by atoms with Gasteiger partial charge in [-0.25, -0.2) is 0 Å². The molecule has 3 rings (SSSR count). The molecule has 2 fully saturated rings. The lowest BCUT2D eigenvalue weighted by Crippen LogP contribution is -2.36. The SMILES string of the molecule is Cc1ccc(C(=O)CN2C(=O)C3CC(C)CC3C2=O)cc1. The third-order valence-corrected chi connectivity index (χ3v) is 4.64. The summed E-state index contributed by atoms with van der Waals surface area (Å²) in [5.74, 6) is -0.464. The van der Waals surface area contributed by atoms with E-state index in [1.165, 1.54) is 4.90 Å². The first-order valence-corrected chi connectivity index (χ1v) is 7.42. The molecule has 0 spiro atoms. The Balaban J connectivity index is 1.74. The van der Waals surface area contributed by atoms with Crippen molar-refractivity contribution >= 4 is 17.6 Å². The van der Waals surface area contributed by atoms with Crippen molar-refractivity contribution in [1.82, 2.24) is 4.90 Å². The van der Waals surface area contributed by atoms with Crippen LogP contribution >= 0.6 is 0 Å². The lowest BCUT2D eigenvalue weighted by Gasteiger charge is -2.16. The molecule has 1 aliphatic heterocycles. The number of carbonyl (C=O) groups is 3. The number of likely N-dealkylation sites (tertiary alicyclic amines) is 1. The van der Waals surface area contributed by atoms with Gasteiger partial charge in [-0.1, -0.05) is 36.8 Å². The lowest BCUT2D eigenvalue weighted by atomic mass is 10.00. The molecule has 21 heavy (non-hydrogen) atoms. The highest BCUT2D eigenvalue weighted by Gasteiger charge is 2.51. The van der Waals surface area contributed by atoms with E-state index in [0.717, 1.165) is 18.4 Å². The van der Waals surface area contributed by atoms with Crippen LogP contribution in [0.15, 0.2) is 24.3 Å². The molecule has 0 bridgehead atoms. The summed E-state index contributed by atoms with van der Waals surface area (Å²) < 4.78 is 0. The number of carbonyl (C=O) groups excluding carboxylic acids is 3.